The van der Waals surface area contributed by atoms with E-state index < -0.39 is 7.26 Å². The summed E-state index contributed by atoms with van der Waals surface area (Å²) < 4.78 is 6.39. The number of benzene rings is 3. The minimum Gasteiger partial charge on any atom is -0.463 e. The lowest BCUT2D eigenvalue weighted by atomic mass is 10.4. The van der Waals surface area contributed by atoms with Crippen LogP contribution in [0.4, 0.5) is 0 Å². The molecule has 132 valence electrons. The van der Waals surface area contributed by atoms with Crippen LogP contribution in [0, 0.1) is 0 Å². The van der Waals surface area contributed by atoms with Crippen molar-refractivity contribution in [3.8, 4) is 0 Å². The molecule has 3 rings (SSSR count). The van der Waals surface area contributed by atoms with E-state index in [2.05, 4.69) is 52.3 Å². The van der Waals surface area contributed by atoms with Crippen molar-refractivity contribution in [2.24, 2.45) is 0 Å². The van der Waals surface area contributed by atoms with Crippen molar-refractivity contribution in [2.75, 3.05) is 12.8 Å². The molecule has 3 aromatic carbocycles. The average Bonchev–Trinajstić information content (AvgIpc) is 2.68. The Kier molecular flexibility index (Phi) is 6.24. The number of carbonyl (C=O) groups excluding carboxylic acids is 1. The van der Waals surface area contributed by atoms with E-state index in [0.29, 0.717) is 12.8 Å². The molecule has 0 bridgehead atoms. The SMILES string of the molecule is CCOC(=O)C[P+](c1ccccc1)(c1ccccc1)c1ccc(Br)cc1. The molecule has 4 heteroatoms. The Morgan fingerprint density at radius 3 is 1.73 bits per heavy atom. The van der Waals surface area contributed by atoms with Gasteiger partial charge in [0.1, 0.15) is 23.2 Å². The Balaban J connectivity index is 2.26. The maximum absolute atomic E-state index is 12.6. The zero-order chi connectivity index (χ0) is 18.4. The molecule has 0 amide bonds. The monoisotopic (exact) mass is 427 g/mol. The van der Waals surface area contributed by atoms with Crippen LogP contribution in [-0.4, -0.2) is 18.7 Å². The summed E-state index contributed by atoms with van der Waals surface area (Å²) in [5.74, 6) is -0.156. The fourth-order valence-electron chi connectivity index (χ4n) is 3.18. The summed E-state index contributed by atoms with van der Waals surface area (Å²) in [5, 5.41) is 3.54. The zero-order valence-corrected chi connectivity index (χ0v) is 17.1. The first-order valence-corrected chi connectivity index (χ1v) is 11.3. The molecule has 0 saturated carbocycles. The van der Waals surface area contributed by atoms with Gasteiger partial charge in [0.05, 0.1) is 6.61 Å². The third kappa shape index (κ3) is 3.90. The maximum Gasteiger partial charge on any atom is 0.345 e. The van der Waals surface area contributed by atoms with E-state index in [4.69, 9.17) is 4.74 Å². The second kappa shape index (κ2) is 8.62. The van der Waals surface area contributed by atoms with Gasteiger partial charge in [-0.15, -0.1) is 0 Å². The molecule has 0 N–H and O–H groups in total. The lowest BCUT2D eigenvalue weighted by molar-refractivity contribution is -0.139. The highest BCUT2D eigenvalue weighted by Gasteiger charge is 2.47. The van der Waals surface area contributed by atoms with Gasteiger partial charge in [0.25, 0.3) is 0 Å². The predicted molar refractivity (Wildman–Crippen MR) is 114 cm³/mol. The number of carbonyl (C=O) groups is 1. The van der Waals surface area contributed by atoms with Gasteiger partial charge >= 0.3 is 5.97 Å². The van der Waals surface area contributed by atoms with E-state index in [9.17, 15) is 4.79 Å². The highest BCUT2D eigenvalue weighted by atomic mass is 79.9. The topological polar surface area (TPSA) is 26.3 Å². The number of rotatable bonds is 6. The molecular weight excluding hydrogens is 407 g/mol. The number of ether oxygens (including phenoxy) is 1. The molecule has 0 fully saturated rings. The molecule has 3 aromatic rings. The summed E-state index contributed by atoms with van der Waals surface area (Å²) in [6.45, 7) is 2.24. The smallest absolute Gasteiger partial charge is 0.345 e. The zero-order valence-electron chi connectivity index (χ0n) is 14.6. The Labute approximate surface area is 163 Å². The fourth-order valence-corrected chi connectivity index (χ4v) is 7.39. The van der Waals surface area contributed by atoms with Gasteiger partial charge in [0.2, 0.25) is 0 Å². The molecule has 2 nitrogen and oxygen atoms in total. The van der Waals surface area contributed by atoms with E-state index in [1.807, 2.05) is 55.5 Å². The quantitative estimate of drug-likeness (QED) is 0.432. The molecule has 0 aliphatic carbocycles. The van der Waals surface area contributed by atoms with Crippen LogP contribution >= 0.6 is 23.2 Å². The molecule has 0 aliphatic rings. The van der Waals surface area contributed by atoms with E-state index in [1.165, 1.54) is 15.9 Å². The largest absolute Gasteiger partial charge is 0.463 e. The Bertz CT molecular complexity index is 809. The third-order valence-corrected chi connectivity index (χ3v) is 9.13. The molecule has 0 spiro atoms. The molecule has 0 heterocycles. The van der Waals surface area contributed by atoms with Gasteiger partial charge in [-0.2, -0.15) is 0 Å². The van der Waals surface area contributed by atoms with E-state index >= 15 is 0 Å². The number of hydrogen-bond acceptors (Lipinski definition) is 2. The summed E-state index contributed by atoms with van der Waals surface area (Å²) in [4.78, 5) is 12.6. The second-order valence-corrected chi connectivity index (χ2v) is 10.3. The van der Waals surface area contributed by atoms with Crippen LogP contribution in [0.5, 0.6) is 0 Å². The van der Waals surface area contributed by atoms with Crippen LogP contribution in [0.3, 0.4) is 0 Å². The van der Waals surface area contributed by atoms with Gasteiger partial charge in [0, 0.05) is 4.47 Å². The lowest BCUT2D eigenvalue weighted by Crippen LogP contribution is -2.36. The van der Waals surface area contributed by atoms with E-state index in [1.54, 1.807) is 0 Å². The molecule has 0 atom stereocenters. The van der Waals surface area contributed by atoms with Gasteiger partial charge in [-0.25, -0.2) is 4.79 Å². The van der Waals surface area contributed by atoms with Crippen molar-refractivity contribution >= 4 is 45.1 Å². The first kappa shape index (κ1) is 18.8. The Morgan fingerprint density at radius 2 is 1.27 bits per heavy atom. The fraction of sp³-hybridized carbons (Fsp3) is 0.136. The summed E-state index contributed by atoms with van der Waals surface area (Å²) in [7, 11) is -2.15. The third-order valence-electron chi connectivity index (χ3n) is 4.33. The molecule has 0 radical (unpaired) electrons. The van der Waals surface area contributed by atoms with Crippen LogP contribution < -0.4 is 15.9 Å². The summed E-state index contributed by atoms with van der Waals surface area (Å²) >= 11 is 3.52. The van der Waals surface area contributed by atoms with Crippen molar-refractivity contribution in [2.45, 2.75) is 6.92 Å². The van der Waals surface area contributed by atoms with Crippen molar-refractivity contribution in [3.05, 3.63) is 89.4 Å². The number of esters is 1. The van der Waals surface area contributed by atoms with Crippen molar-refractivity contribution < 1.29 is 9.53 Å². The van der Waals surface area contributed by atoms with E-state index in [0.717, 1.165) is 4.47 Å². The summed E-state index contributed by atoms with van der Waals surface area (Å²) in [6.07, 6.45) is 0.358. The van der Waals surface area contributed by atoms with Gasteiger partial charge in [0.15, 0.2) is 6.16 Å². The van der Waals surface area contributed by atoms with Gasteiger partial charge in [-0.1, -0.05) is 52.3 Å². The van der Waals surface area contributed by atoms with Crippen LogP contribution in [0.25, 0.3) is 0 Å². The van der Waals surface area contributed by atoms with Crippen LogP contribution in [0.15, 0.2) is 89.4 Å². The standard InChI is InChI=1S/C22H21BrO2P/c1-2-25-22(24)17-26(19-9-5-3-6-10-19,20-11-7-4-8-12-20)21-15-13-18(23)14-16-21/h3-16H,2,17H2,1H3/q+1. The van der Waals surface area contributed by atoms with Crippen molar-refractivity contribution in [1.82, 2.24) is 0 Å². The summed E-state index contributed by atoms with van der Waals surface area (Å²) in [6, 6.07) is 29.0. The Morgan fingerprint density at radius 1 is 0.808 bits per heavy atom. The van der Waals surface area contributed by atoms with Crippen molar-refractivity contribution in [3.63, 3.8) is 0 Å². The van der Waals surface area contributed by atoms with Crippen LogP contribution in [0.2, 0.25) is 0 Å². The summed E-state index contributed by atoms with van der Waals surface area (Å²) in [5.41, 5.74) is 0. The first-order valence-electron chi connectivity index (χ1n) is 8.58. The van der Waals surface area contributed by atoms with Crippen LogP contribution in [-0.2, 0) is 9.53 Å². The van der Waals surface area contributed by atoms with E-state index in [-0.39, 0.29) is 5.97 Å². The minimum atomic E-state index is -2.15. The normalized spacial score (nSPS) is 11.2. The highest BCUT2D eigenvalue weighted by Crippen LogP contribution is 2.55. The number of halogens is 1. The predicted octanol–water partition coefficient (Wildman–Crippen LogP) is 4.31. The lowest BCUT2D eigenvalue weighted by Gasteiger charge is -2.26. The minimum absolute atomic E-state index is 0.156. The van der Waals surface area contributed by atoms with Gasteiger partial charge < -0.3 is 4.74 Å². The molecule has 0 saturated heterocycles. The number of hydrogen-bond donors (Lipinski definition) is 0. The van der Waals surface area contributed by atoms with Crippen LogP contribution in [0.1, 0.15) is 6.92 Å². The first-order chi connectivity index (χ1) is 12.7. The van der Waals surface area contributed by atoms with Crippen molar-refractivity contribution in [1.29, 1.82) is 0 Å². The average molecular weight is 428 g/mol. The Hall–Kier alpha value is -1.96. The maximum atomic E-state index is 12.6. The molecule has 0 unspecified atom stereocenters. The molecule has 0 aliphatic heterocycles. The second-order valence-electron chi connectivity index (χ2n) is 5.92. The molecule has 26 heavy (non-hydrogen) atoms. The molecular formula is C22H21BrO2P+. The molecule has 0 aromatic heterocycles. The van der Waals surface area contributed by atoms with Gasteiger partial charge in [-0.3, -0.25) is 0 Å². The highest BCUT2D eigenvalue weighted by molar-refractivity contribution is 9.10. The van der Waals surface area contributed by atoms with Gasteiger partial charge in [-0.05, 0) is 55.5 Å².